The first kappa shape index (κ1) is 21.3. The molecular formula is C24H33N3O2S. The van der Waals surface area contributed by atoms with E-state index in [2.05, 4.69) is 66.4 Å². The first-order valence-electron chi connectivity index (χ1n) is 11.0. The van der Waals surface area contributed by atoms with Crippen LogP contribution in [0.2, 0.25) is 0 Å². The number of hydrogen-bond donors (Lipinski definition) is 1. The van der Waals surface area contributed by atoms with Gasteiger partial charge in [0.1, 0.15) is 0 Å². The Balaban J connectivity index is 1.41. The molecule has 3 unspecified atom stereocenters. The Hall–Kier alpha value is -1.89. The van der Waals surface area contributed by atoms with Crippen LogP contribution >= 0.6 is 11.3 Å². The van der Waals surface area contributed by atoms with Gasteiger partial charge in [-0.15, -0.1) is 11.3 Å². The lowest BCUT2D eigenvalue weighted by molar-refractivity contribution is -0.130. The molecule has 1 aromatic heterocycles. The van der Waals surface area contributed by atoms with Crippen molar-refractivity contribution in [3.8, 4) is 0 Å². The molecule has 2 aliphatic rings. The zero-order valence-electron chi connectivity index (χ0n) is 18.4. The van der Waals surface area contributed by atoms with Crippen molar-refractivity contribution in [3.63, 3.8) is 0 Å². The van der Waals surface area contributed by atoms with E-state index in [1.807, 2.05) is 23.5 Å². The predicted octanol–water partition coefficient (Wildman–Crippen LogP) is 4.38. The summed E-state index contributed by atoms with van der Waals surface area (Å²) in [6.45, 7) is 12.0. The molecule has 30 heavy (non-hydrogen) atoms. The Morgan fingerprint density at radius 3 is 2.50 bits per heavy atom. The number of nitrogens with one attached hydrogen (secondary N) is 1. The molecule has 1 amide bonds. The Bertz CT molecular complexity index is 854. The lowest BCUT2D eigenvalue weighted by atomic mass is 9.99. The van der Waals surface area contributed by atoms with Crippen molar-refractivity contribution in [2.75, 3.05) is 29.9 Å². The second-order valence-corrected chi connectivity index (χ2v) is 9.98. The van der Waals surface area contributed by atoms with Crippen LogP contribution in [-0.4, -0.2) is 48.7 Å². The van der Waals surface area contributed by atoms with E-state index in [9.17, 15) is 4.79 Å². The third-order valence-corrected chi connectivity index (χ3v) is 7.07. The van der Waals surface area contributed by atoms with Crippen LogP contribution < -0.4 is 10.2 Å². The van der Waals surface area contributed by atoms with E-state index < -0.39 is 0 Å². The lowest BCUT2D eigenvalue weighted by Crippen LogP contribution is -2.55. The molecule has 162 valence electrons. The van der Waals surface area contributed by atoms with E-state index in [0.717, 1.165) is 38.3 Å². The minimum atomic E-state index is -0.155. The molecule has 0 saturated carbocycles. The lowest BCUT2D eigenvalue weighted by Gasteiger charge is -2.41. The quantitative estimate of drug-likeness (QED) is 0.769. The fraction of sp³-hybridized carbons (Fsp3) is 0.542. The second kappa shape index (κ2) is 9.08. The smallest absolute Gasteiger partial charge is 0.241 e. The average molecular weight is 428 g/mol. The Labute approximate surface area is 184 Å². The highest BCUT2D eigenvalue weighted by Gasteiger charge is 2.34. The number of ether oxygens (including phenoxy) is 1. The Morgan fingerprint density at radius 1 is 1.13 bits per heavy atom. The molecule has 1 aromatic carbocycles. The van der Waals surface area contributed by atoms with Crippen LogP contribution in [0.15, 0.2) is 35.7 Å². The SMILES string of the molecule is CC1CN(C(C(=O)Nc2ccc(N3CCc4sccc4C3)cc2)C(C)C)CC(C)O1. The molecule has 3 heterocycles. The van der Waals surface area contributed by atoms with Crippen molar-refractivity contribution in [2.45, 2.75) is 58.9 Å². The largest absolute Gasteiger partial charge is 0.373 e. The Kier molecular flexibility index (Phi) is 6.46. The third kappa shape index (κ3) is 4.71. The molecule has 1 N–H and O–H groups in total. The van der Waals surface area contributed by atoms with Gasteiger partial charge in [-0.1, -0.05) is 13.8 Å². The van der Waals surface area contributed by atoms with Gasteiger partial charge in [0.15, 0.2) is 0 Å². The van der Waals surface area contributed by atoms with Crippen LogP contribution in [0.1, 0.15) is 38.1 Å². The third-order valence-electron chi connectivity index (χ3n) is 6.05. The molecule has 2 aliphatic heterocycles. The maximum Gasteiger partial charge on any atom is 0.241 e. The predicted molar refractivity (Wildman–Crippen MR) is 124 cm³/mol. The number of fused-ring (bicyclic) bond motifs is 1. The molecule has 5 nitrogen and oxygen atoms in total. The van der Waals surface area contributed by atoms with E-state index in [1.165, 1.54) is 16.1 Å². The van der Waals surface area contributed by atoms with Gasteiger partial charge >= 0.3 is 0 Å². The fourth-order valence-electron chi connectivity index (χ4n) is 4.78. The summed E-state index contributed by atoms with van der Waals surface area (Å²) in [6, 6.07) is 10.4. The minimum absolute atomic E-state index is 0.0694. The van der Waals surface area contributed by atoms with Crippen LogP contribution in [0.3, 0.4) is 0 Å². The van der Waals surface area contributed by atoms with Gasteiger partial charge in [0, 0.05) is 42.4 Å². The van der Waals surface area contributed by atoms with Crippen molar-refractivity contribution >= 4 is 28.6 Å². The van der Waals surface area contributed by atoms with Crippen molar-refractivity contribution < 1.29 is 9.53 Å². The van der Waals surface area contributed by atoms with Gasteiger partial charge in [-0.3, -0.25) is 9.69 Å². The molecule has 0 aliphatic carbocycles. The van der Waals surface area contributed by atoms with Gasteiger partial charge < -0.3 is 15.0 Å². The maximum absolute atomic E-state index is 13.2. The highest BCUT2D eigenvalue weighted by molar-refractivity contribution is 7.10. The standard InChI is InChI=1S/C24H33N3O2S/c1-16(2)23(27-13-17(3)29-18(4)14-27)24(28)25-20-5-7-21(8-6-20)26-11-9-22-19(15-26)10-12-30-22/h5-8,10,12,16-18,23H,9,11,13-15H2,1-4H3,(H,25,28). The fourth-order valence-corrected chi connectivity index (χ4v) is 5.67. The van der Waals surface area contributed by atoms with E-state index >= 15 is 0 Å². The first-order chi connectivity index (χ1) is 14.4. The summed E-state index contributed by atoms with van der Waals surface area (Å²) in [7, 11) is 0. The molecule has 1 saturated heterocycles. The van der Waals surface area contributed by atoms with Crippen molar-refractivity contribution in [1.29, 1.82) is 0 Å². The van der Waals surface area contributed by atoms with E-state index in [1.54, 1.807) is 0 Å². The van der Waals surface area contributed by atoms with Crippen molar-refractivity contribution in [2.24, 2.45) is 5.92 Å². The number of carbonyl (C=O) groups excluding carboxylic acids is 1. The van der Waals surface area contributed by atoms with Crippen LogP contribution in [0.25, 0.3) is 0 Å². The zero-order valence-corrected chi connectivity index (χ0v) is 19.2. The minimum Gasteiger partial charge on any atom is -0.373 e. The molecular weight excluding hydrogens is 394 g/mol. The molecule has 0 radical (unpaired) electrons. The number of rotatable bonds is 5. The molecule has 0 bridgehead atoms. The van der Waals surface area contributed by atoms with Crippen LogP contribution in [0.4, 0.5) is 11.4 Å². The zero-order chi connectivity index (χ0) is 21.3. The van der Waals surface area contributed by atoms with E-state index in [0.29, 0.717) is 0 Å². The first-order valence-corrected chi connectivity index (χ1v) is 11.9. The van der Waals surface area contributed by atoms with Crippen LogP contribution in [0, 0.1) is 5.92 Å². The highest BCUT2D eigenvalue weighted by Crippen LogP contribution is 2.28. The number of nitrogens with zero attached hydrogens (tertiary/aromatic N) is 2. The van der Waals surface area contributed by atoms with Gasteiger partial charge in [0.05, 0.1) is 18.2 Å². The maximum atomic E-state index is 13.2. The summed E-state index contributed by atoms with van der Waals surface area (Å²) in [6.07, 6.45) is 1.41. The van der Waals surface area contributed by atoms with Gasteiger partial charge in [-0.05, 0) is 67.5 Å². The summed E-state index contributed by atoms with van der Waals surface area (Å²) in [5.41, 5.74) is 3.51. The summed E-state index contributed by atoms with van der Waals surface area (Å²) < 4.78 is 5.85. The molecule has 3 atom stereocenters. The molecule has 4 rings (SSSR count). The van der Waals surface area contributed by atoms with Crippen molar-refractivity contribution in [3.05, 3.63) is 46.2 Å². The molecule has 1 fully saturated rings. The van der Waals surface area contributed by atoms with Gasteiger partial charge in [-0.2, -0.15) is 0 Å². The molecule has 6 heteroatoms. The number of hydrogen-bond acceptors (Lipinski definition) is 5. The number of carbonyl (C=O) groups is 1. The van der Waals surface area contributed by atoms with Gasteiger partial charge in [0.2, 0.25) is 5.91 Å². The summed E-state index contributed by atoms with van der Waals surface area (Å²) in [4.78, 5) is 19.4. The van der Waals surface area contributed by atoms with Gasteiger partial charge in [-0.25, -0.2) is 0 Å². The number of morpholine rings is 1. The van der Waals surface area contributed by atoms with E-state index in [-0.39, 0.29) is 30.1 Å². The topological polar surface area (TPSA) is 44.8 Å². The van der Waals surface area contributed by atoms with Gasteiger partial charge in [0.25, 0.3) is 0 Å². The summed E-state index contributed by atoms with van der Waals surface area (Å²) >= 11 is 1.86. The average Bonchev–Trinajstić information content (AvgIpc) is 3.15. The highest BCUT2D eigenvalue weighted by atomic mass is 32.1. The number of amides is 1. The Morgan fingerprint density at radius 2 is 1.83 bits per heavy atom. The summed E-state index contributed by atoms with van der Waals surface area (Å²) in [5.74, 6) is 0.301. The van der Waals surface area contributed by atoms with Crippen LogP contribution in [-0.2, 0) is 22.5 Å². The molecule has 2 aromatic rings. The number of anilines is 2. The van der Waals surface area contributed by atoms with E-state index in [4.69, 9.17) is 4.74 Å². The number of benzene rings is 1. The van der Waals surface area contributed by atoms with Crippen LogP contribution in [0.5, 0.6) is 0 Å². The second-order valence-electron chi connectivity index (χ2n) is 8.98. The van der Waals surface area contributed by atoms with Crippen molar-refractivity contribution in [1.82, 2.24) is 4.90 Å². The normalized spacial score (nSPS) is 23.3. The monoisotopic (exact) mass is 427 g/mol. The molecule has 0 spiro atoms. The summed E-state index contributed by atoms with van der Waals surface area (Å²) in [5, 5.41) is 5.34. The number of thiophene rings is 1.